The van der Waals surface area contributed by atoms with Gasteiger partial charge in [-0.25, -0.2) is 4.79 Å². The minimum atomic E-state index is -0.385. The van der Waals surface area contributed by atoms with Crippen molar-refractivity contribution in [1.29, 1.82) is 0 Å². The number of esters is 1. The summed E-state index contributed by atoms with van der Waals surface area (Å²) in [4.78, 5) is 12.0. The molecule has 0 aromatic heterocycles. The summed E-state index contributed by atoms with van der Waals surface area (Å²) in [5.74, 6) is 0.325. The first kappa shape index (κ1) is 17.0. The highest BCUT2D eigenvalue weighted by molar-refractivity contribution is 8.01. The van der Waals surface area contributed by atoms with Gasteiger partial charge in [-0.3, -0.25) is 0 Å². The van der Waals surface area contributed by atoms with Crippen LogP contribution < -0.4 is 4.74 Å². The summed E-state index contributed by atoms with van der Waals surface area (Å²) in [6, 6.07) is 14.1. The Bertz CT molecular complexity index is 710. The topological polar surface area (TPSA) is 55.8 Å². The molecule has 0 heterocycles. The van der Waals surface area contributed by atoms with Crippen molar-refractivity contribution in [3.05, 3.63) is 65.1 Å². The van der Waals surface area contributed by atoms with Gasteiger partial charge in [0.1, 0.15) is 18.1 Å². The molecule has 5 heteroatoms. The van der Waals surface area contributed by atoms with Crippen LogP contribution in [0.25, 0.3) is 5.57 Å². The van der Waals surface area contributed by atoms with Crippen molar-refractivity contribution < 1.29 is 19.4 Å². The lowest BCUT2D eigenvalue weighted by atomic mass is 10.0. The molecule has 0 spiro atoms. The Kier molecular flexibility index (Phi) is 6.11. The van der Waals surface area contributed by atoms with Crippen molar-refractivity contribution in [1.82, 2.24) is 0 Å². The molecule has 2 rings (SSSR count). The predicted octanol–water partition coefficient (Wildman–Crippen LogP) is 3.85. The number of aromatic hydroxyl groups is 1. The quantitative estimate of drug-likeness (QED) is 0.644. The first-order valence-electron chi connectivity index (χ1n) is 6.97. The van der Waals surface area contributed by atoms with E-state index in [1.807, 2.05) is 30.5 Å². The molecule has 23 heavy (non-hydrogen) atoms. The maximum Gasteiger partial charge on any atom is 0.338 e. The number of ether oxygens (including phenoxy) is 2. The lowest BCUT2D eigenvalue weighted by Gasteiger charge is -2.13. The molecular formula is C18H18O4S. The van der Waals surface area contributed by atoms with Crippen LogP contribution in [0.4, 0.5) is 0 Å². The van der Waals surface area contributed by atoms with E-state index >= 15 is 0 Å². The lowest BCUT2D eigenvalue weighted by Crippen LogP contribution is -2.07. The minimum Gasteiger partial charge on any atom is -0.508 e. The Morgan fingerprint density at radius 1 is 1.22 bits per heavy atom. The van der Waals surface area contributed by atoms with Crippen LogP contribution >= 0.6 is 11.8 Å². The molecule has 2 aromatic rings. The summed E-state index contributed by atoms with van der Waals surface area (Å²) in [6.07, 6.45) is 1.88. The number of thioether (sulfide) groups is 1. The molecule has 0 unspecified atom stereocenters. The molecule has 0 atom stereocenters. The summed E-state index contributed by atoms with van der Waals surface area (Å²) in [5, 5.41) is 11.2. The van der Waals surface area contributed by atoms with Gasteiger partial charge >= 0.3 is 5.97 Å². The second-order valence-corrected chi connectivity index (χ2v) is 5.41. The molecule has 120 valence electrons. The summed E-state index contributed by atoms with van der Waals surface area (Å²) in [5.41, 5.74) is 2.13. The van der Waals surface area contributed by atoms with Gasteiger partial charge in [0.25, 0.3) is 0 Å². The van der Waals surface area contributed by atoms with Gasteiger partial charge in [0.05, 0.1) is 12.7 Å². The fourth-order valence-electron chi connectivity index (χ4n) is 2.09. The average molecular weight is 330 g/mol. The van der Waals surface area contributed by atoms with Gasteiger partial charge < -0.3 is 14.6 Å². The predicted molar refractivity (Wildman–Crippen MR) is 92.4 cm³/mol. The van der Waals surface area contributed by atoms with Crippen molar-refractivity contribution in [2.45, 2.75) is 6.61 Å². The molecule has 0 saturated heterocycles. The number of hydrogen-bond acceptors (Lipinski definition) is 5. The van der Waals surface area contributed by atoms with Crippen molar-refractivity contribution in [3.63, 3.8) is 0 Å². The SMILES string of the molecule is COC(=O)C(=CSC)c1ccccc1COc1cccc(O)c1. The van der Waals surface area contributed by atoms with Crippen LogP contribution in [0.15, 0.2) is 53.9 Å². The van der Waals surface area contributed by atoms with E-state index in [4.69, 9.17) is 9.47 Å². The second kappa shape index (κ2) is 8.29. The summed E-state index contributed by atoms with van der Waals surface area (Å²) < 4.78 is 10.6. The number of phenols is 1. The first-order chi connectivity index (χ1) is 11.2. The van der Waals surface area contributed by atoms with E-state index in [9.17, 15) is 9.90 Å². The number of phenolic OH excluding ortho intramolecular Hbond substituents is 1. The van der Waals surface area contributed by atoms with E-state index in [0.717, 1.165) is 11.1 Å². The molecule has 0 aliphatic carbocycles. The highest BCUT2D eigenvalue weighted by atomic mass is 32.2. The number of methoxy groups -OCH3 is 1. The lowest BCUT2D eigenvalue weighted by molar-refractivity contribution is -0.133. The smallest absolute Gasteiger partial charge is 0.338 e. The fourth-order valence-corrected chi connectivity index (χ4v) is 2.55. The highest BCUT2D eigenvalue weighted by Gasteiger charge is 2.16. The standard InChI is InChI=1S/C18H18O4S/c1-21-18(20)17(12-23-2)16-9-4-3-6-13(16)11-22-15-8-5-7-14(19)10-15/h3-10,12,19H,11H2,1-2H3. The van der Waals surface area contributed by atoms with Crippen LogP contribution in [0.3, 0.4) is 0 Å². The molecular weight excluding hydrogens is 312 g/mol. The fraction of sp³-hybridized carbons (Fsp3) is 0.167. The molecule has 1 N–H and O–H groups in total. The van der Waals surface area contributed by atoms with Gasteiger partial charge in [-0.1, -0.05) is 30.3 Å². The number of carbonyl (C=O) groups excluding carboxylic acids is 1. The van der Waals surface area contributed by atoms with Crippen LogP contribution in [0.5, 0.6) is 11.5 Å². The maximum atomic E-state index is 12.0. The Hall–Kier alpha value is -2.40. The van der Waals surface area contributed by atoms with Crippen LogP contribution in [-0.4, -0.2) is 24.4 Å². The zero-order valence-electron chi connectivity index (χ0n) is 13.0. The Morgan fingerprint density at radius 3 is 2.70 bits per heavy atom. The molecule has 0 bridgehead atoms. The number of benzene rings is 2. The second-order valence-electron chi connectivity index (χ2n) is 4.70. The molecule has 4 nitrogen and oxygen atoms in total. The van der Waals surface area contributed by atoms with Gasteiger partial charge in [-0.15, -0.1) is 11.8 Å². The minimum absolute atomic E-state index is 0.147. The van der Waals surface area contributed by atoms with Crippen molar-refractivity contribution >= 4 is 23.3 Å². The Balaban J connectivity index is 2.26. The van der Waals surface area contributed by atoms with Crippen molar-refractivity contribution in [3.8, 4) is 11.5 Å². The normalized spacial score (nSPS) is 11.1. The first-order valence-corrected chi connectivity index (χ1v) is 8.26. The number of hydrogen-bond donors (Lipinski definition) is 1. The van der Waals surface area contributed by atoms with E-state index in [0.29, 0.717) is 11.3 Å². The van der Waals surface area contributed by atoms with Gasteiger partial charge in [0.2, 0.25) is 0 Å². The molecule has 0 fully saturated rings. The van der Waals surface area contributed by atoms with Crippen LogP contribution in [0.1, 0.15) is 11.1 Å². The van der Waals surface area contributed by atoms with Crippen LogP contribution in [0.2, 0.25) is 0 Å². The molecule has 2 aromatic carbocycles. The largest absolute Gasteiger partial charge is 0.508 e. The van der Waals surface area contributed by atoms with E-state index in [-0.39, 0.29) is 18.3 Å². The van der Waals surface area contributed by atoms with E-state index in [1.165, 1.54) is 18.9 Å². The monoisotopic (exact) mass is 330 g/mol. The summed E-state index contributed by atoms with van der Waals surface area (Å²) in [6.45, 7) is 0.280. The maximum absolute atomic E-state index is 12.0. The highest BCUT2D eigenvalue weighted by Crippen LogP contribution is 2.25. The van der Waals surface area contributed by atoms with Crippen LogP contribution in [-0.2, 0) is 16.1 Å². The van der Waals surface area contributed by atoms with Crippen molar-refractivity contribution in [2.24, 2.45) is 0 Å². The third kappa shape index (κ3) is 4.53. The van der Waals surface area contributed by atoms with Gasteiger partial charge in [0.15, 0.2) is 0 Å². The van der Waals surface area contributed by atoms with Crippen molar-refractivity contribution in [2.75, 3.05) is 13.4 Å². The molecule has 0 radical (unpaired) electrons. The third-order valence-corrected chi connectivity index (χ3v) is 3.63. The Morgan fingerprint density at radius 2 is 2.00 bits per heavy atom. The van der Waals surface area contributed by atoms with E-state index < -0.39 is 0 Å². The number of rotatable bonds is 6. The summed E-state index contributed by atoms with van der Waals surface area (Å²) in [7, 11) is 1.36. The number of carbonyl (C=O) groups is 1. The molecule has 0 aliphatic rings. The zero-order chi connectivity index (χ0) is 16.7. The Labute approximate surface area is 139 Å². The third-order valence-electron chi connectivity index (χ3n) is 3.16. The molecule has 0 amide bonds. The van der Waals surface area contributed by atoms with Gasteiger partial charge in [-0.05, 0) is 34.9 Å². The molecule has 0 aliphatic heterocycles. The van der Waals surface area contributed by atoms with E-state index in [1.54, 1.807) is 29.7 Å². The summed E-state index contributed by atoms with van der Waals surface area (Å²) >= 11 is 1.44. The van der Waals surface area contributed by atoms with Gasteiger partial charge in [-0.2, -0.15) is 0 Å². The van der Waals surface area contributed by atoms with Crippen LogP contribution in [0, 0.1) is 0 Å². The average Bonchev–Trinajstić information content (AvgIpc) is 2.58. The molecule has 0 saturated carbocycles. The van der Waals surface area contributed by atoms with E-state index in [2.05, 4.69) is 0 Å². The zero-order valence-corrected chi connectivity index (χ0v) is 13.8. The van der Waals surface area contributed by atoms with Gasteiger partial charge in [0, 0.05) is 6.07 Å².